The van der Waals surface area contributed by atoms with Gasteiger partial charge in [0.25, 0.3) is 5.91 Å². The summed E-state index contributed by atoms with van der Waals surface area (Å²) < 4.78 is 0. The predicted molar refractivity (Wildman–Crippen MR) is 121 cm³/mol. The maximum absolute atomic E-state index is 13.8. The highest BCUT2D eigenvalue weighted by molar-refractivity contribution is 6.30. The van der Waals surface area contributed by atoms with Gasteiger partial charge in [0.1, 0.15) is 5.82 Å². The number of aryl methyl sites for hydroxylation is 1. The summed E-state index contributed by atoms with van der Waals surface area (Å²) in [6.45, 7) is 3.46. The zero-order valence-electron chi connectivity index (χ0n) is 17.4. The molecule has 0 unspecified atom stereocenters. The summed E-state index contributed by atoms with van der Waals surface area (Å²) >= 11 is 5.94. The van der Waals surface area contributed by atoms with Crippen LogP contribution in [0.4, 0.5) is 5.82 Å². The van der Waals surface area contributed by atoms with Crippen molar-refractivity contribution in [2.24, 2.45) is 5.41 Å². The molecule has 0 radical (unpaired) electrons. The molecule has 1 amide bonds. The maximum Gasteiger partial charge on any atom is 0.254 e. The van der Waals surface area contributed by atoms with Gasteiger partial charge in [0.15, 0.2) is 5.82 Å². The van der Waals surface area contributed by atoms with E-state index in [1.165, 1.54) is 12.8 Å². The number of carbonyl (C=O) groups is 1. The number of aromatic nitrogens is 3. The number of benzene rings is 1. The number of amides is 1. The number of carbonyl (C=O) groups excluding carboxylic acids is 1. The van der Waals surface area contributed by atoms with E-state index in [1.54, 1.807) is 24.7 Å². The number of pyridine rings is 1. The molecular weight excluding hydrogens is 410 g/mol. The molecule has 1 N–H and O–H groups in total. The molecule has 158 valence electrons. The number of nitrogens with zero attached hydrogens (tertiary/aromatic N) is 4. The molecule has 1 aliphatic carbocycles. The Hall–Kier alpha value is -2.99. The van der Waals surface area contributed by atoms with Crippen LogP contribution in [0.2, 0.25) is 5.02 Å². The average molecular weight is 434 g/mol. The highest BCUT2D eigenvalue weighted by Crippen LogP contribution is 2.55. The molecule has 1 saturated heterocycles. The lowest BCUT2D eigenvalue weighted by Gasteiger charge is -2.26. The molecule has 1 spiro atoms. The highest BCUT2D eigenvalue weighted by atomic mass is 35.5. The lowest BCUT2D eigenvalue weighted by molar-refractivity contribution is 0.0738. The molecule has 7 heteroatoms. The number of likely N-dealkylation sites (tertiary alicyclic amines) is 1. The topological polar surface area (TPSA) is 71.0 Å². The molecule has 1 atom stereocenters. The Bertz CT molecular complexity index is 1100. The second kappa shape index (κ2) is 7.93. The van der Waals surface area contributed by atoms with Crippen LogP contribution in [0.5, 0.6) is 0 Å². The summed E-state index contributed by atoms with van der Waals surface area (Å²) in [7, 11) is 0. The minimum atomic E-state index is 0.0470. The number of hydrogen-bond donors (Lipinski definition) is 1. The molecule has 2 fully saturated rings. The van der Waals surface area contributed by atoms with Crippen LogP contribution in [0.15, 0.2) is 55.0 Å². The Morgan fingerprint density at radius 2 is 2.00 bits per heavy atom. The Labute approximate surface area is 186 Å². The highest BCUT2D eigenvalue weighted by Gasteiger charge is 2.53. The van der Waals surface area contributed by atoms with Crippen molar-refractivity contribution in [3.05, 3.63) is 71.1 Å². The fourth-order valence-electron chi connectivity index (χ4n) is 4.45. The molecule has 6 nitrogen and oxygen atoms in total. The van der Waals surface area contributed by atoms with E-state index in [2.05, 4.69) is 20.3 Å². The molecular formula is C24H24ClN5O. The van der Waals surface area contributed by atoms with Crippen LogP contribution in [0, 0.1) is 12.3 Å². The van der Waals surface area contributed by atoms with Crippen LogP contribution in [0.1, 0.15) is 35.2 Å². The summed E-state index contributed by atoms with van der Waals surface area (Å²) in [6, 6.07) is 11.5. The summed E-state index contributed by atoms with van der Waals surface area (Å²) in [6.07, 6.45) is 8.43. The van der Waals surface area contributed by atoms with Crippen LogP contribution in [0.25, 0.3) is 11.4 Å². The van der Waals surface area contributed by atoms with Crippen molar-refractivity contribution in [3.8, 4) is 11.4 Å². The quantitative estimate of drug-likeness (QED) is 0.636. The van der Waals surface area contributed by atoms with E-state index in [9.17, 15) is 4.79 Å². The molecule has 0 bridgehead atoms. The van der Waals surface area contributed by atoms with Crippen molar-refractivity contribution < 1.29 is 4.79 Å². The molecule has 3 aromatic rings. The minimum absolute atomic E-state index is 0.0470. The Morgan fingerprint density at radius 1 is 1.19 bits per heavy atom. The zero-order valence-corrected chi connectivity index (χ0v) is 18.1. The molecule has 1 saturated carbocycles. The van der Waals surface area contributed by atoms with Gasteiger partial charge in [-0.15, -0.1) is 0 Å². The Morgan fingerprint density at radius 3 is 2.71 bits per heavy atom. The van der Waals surface area contributed by atoms with Gasteiger partial charge in [-0.2, -0.15) is 0 Å². The van der Waals surface area contributed by atoms with E-state index >= 15 is 0 Å². The third-order valence-corrected chi connectivity index (χ3v) is 6.52. The third kappa shape index (κ3) is 4.12. The fourth-order valence-corrected chi connectivity index (χ4v) is 4.56. The summed E-state index contributed by atoms with van der Waals surface area (Å²) in [4.78, 5) is 28.9. The Kier molecular flexibility index (Phi) is 5.10. The van der Waals surface area contributed by atoms with Gasteiger partial charge in [-0.3, -0.25) is 4.79 Å². The number of nitrogens with one attached hydrogen (secondary N) is 1. The van der Waals surface area contributed by atoms with E-state index in [1.807, 2.05) is 42.2 Å². The van der Waals surface area contributed by atoms with Gasteiger partial charge in [0.2, 0.25) is 0 Å². The van der Waals surface area contributed by atoms with E-state index in [-0.39, 0.29) is 17.4 Å². The van der Waals surface area contributed by atoms with Gasteiger partial charge in [-0.25, -0.2) is 15.0 Å². The van der Waals surface area contributed by atoms with Crippen molar-refractivity contribution in [3.63, 3.8) is 0 Å². The van der Waals surface area contributed by atoms with Crippen LogP contribution >= 0.6 is 11.6 Å². The van der Waals surface area contributed by atoms with E-state index in [4.69, 9.17) is 11.6 Å². The number of rotatable bonds is 5. The van der Waals surface area contributed by atoms with Crippen molar-refractivity contribution in [1.82, 2.24) is 19.9 Å². The first-order valence-electron chi connectivity index (χ1n) is 10.6. The third-order valence-electron chi connectivity index (χ3n) is 6.29. The van der Waals surface area contributed by atoms with Crippen molar-refractivity contribution in [2.75, 3.05) is 18.4 Å². The first-order chi connectivity index (χ1) is 15.0. The second-order valence-corrected chi connectivity index (χ2v) is 9.09. The van der Waals surface area contributed by atoms with Crippen LogP contribution < -0.4 is 5.32 Å². The monoisotopic (exact) mass is 433 g/mol. The van der Waals surface area contributed by atoms with Crippen molar-refractivity contribution in [1.29, 1.82) is 0 Å². The van der Waals surface area contributed by atoms with Crippen LogP contribution in [-0.2, 0) is 0 Å². The second-order valence-electron chi connectivity index (χ2n) is 8.65. The molecule has 3 heterocycles. The van der Waals surface area contributed by atoms with Gasteiger partial charge in [0, 0.05) is 43.3 Å². The van der Waals surface area contributed by atoms with Gasteiger partial charge >= 0.3 is 0 Å². The van der Waals surface area contributed by atoms with Crippen molar-refractivity contribution >= 4 is 23.3 Å². The summed E-state index contributed by atoms with van der Waals surface area (Å²) in [5.41, 5.74) is 2.77. The Balaban J connectivity index is 1.42. The van der Waals surface area contributed by atoms with E-state index in [0.717, 1.165) is 29.9 Å². The normalized spacial score (nSPS) is 18.9. The van der Waals surface area contributed by atoms with Gasteiger partial charge < -0.3 is 10.2 Å². The molecule has 5 rings (SSSR count). The fraction of sp³-hybridized carbons (Fsp3) is 0.333. The molecule has 1 aromatic carbocycles. The number of anilines is 1. The van der Waals surface area contributed by atoms with Crippen molar-refractivity contribution in [2.45, 2.75) is 32.2 Å². The molecule has 31 heavy (non-hydrogen) atoms. The first-order valence-corrected chi connectivity index (χ1v) is 11.0. The zero-order chi connectivity index (χ0) is 21.4. The van der Waals surface area contributed by atoms with Crippen LogP contribution in [0.3, 0.4) is 0 Å². The van der Waals surface area contributed by atoms with E-state index < -0.39 is 0 Å². The molecule has 2 aliphatic rings. The first kappa shape index (κ1) is 19.9. The van der Waals surface area contributed by atoms with E-state index in [0.29, 0.717) is 23.0 Å². The molecule has 1 aliphatic heterocycles. The van der Waals surface area contributed by atoms with Gasteiger partial charge in [-0.1, -0.05) is 29.3 Å². The number of halogens is 1. The standard InChI is InChI=1S/C24H24ClN5O/c1-16-3-5-19(22-26-9-2-10-27-22)20(11-16)23(31)30-15-24(7-8-24)12-18(30)14-29-21-6-4-17(25)13-28-21/h2-6,9-11,13,18H,7-8,12,14-15H2,1H3,(H,28,29)/t18-/m0/s1. The average Bonchev–Trinajstić information content (AvgIpc) is 3.45. The largest absolute Gasteiger partial charge is 0.368 e. The smallest absolute Gasteiger partial charge is 0.254 e. The lowest BCUT2D eigenvalue weighted by atomic mass is 10.0. The SMILES string of the molecule is Cc1ccc(-c2ncccn2)c(C(=O)N2CC3(CC3)C[C@H]2CNc2ccc(Cl)cn2)c1. The van der Waals surface area contributed by atoms with Crippen LogP contribution in [-0.4, -0.2) is 44.9 Å². The lowest BCUT2D eigenvalue weighted by Crippen LogP contribution is -2.40. The van der Waals surface area contributed by atoms with Gasteiger partial charge in [-0.05, 0) is 55.9 Å². The summed E-state index contributed by atoms with van der Waals surface area (Å²) in [5.74, 6) is 1.39. The maximum atomic E-state index is 13.8. The van der Waals surface area contributed by atoms with Gasteiger partial charge in [0.05, 0.1) is 10.6 Å². The number of hydrogen-bond acceptors (Lipinski definition) is 5. The summed E-state index contributed by atoms with van der Waals surface area (Å²) in [5, 5.41) is 3.99. The molecule has 2 aromatic heterocycles. The predicted octanol–water partition coefficient (Wildman–Crippen LogP) is 4.61. The minimum Gasteiger partial charge on any atom is -0.368 e.